The van der Waals surface area contributed by atoms with E-state index in [1.807, 2.05) is 6.07 Å². The minimum atomic E-state index is -0.376. The van der Waals surface area contributed by atoms with Gasteiger partial charge >= 0.3 is 0 Å². The summed E-state index contributed by atoms with van der Waals surface area (Å²) in [6, 6.07) is 11.9. The fourth-order valence-electron chi connectivity index (χ4n) is 1.90. The lowest BCUT2D eigenvalue weighted by molar-refractivity contribution is 0.441. The average molecular weight is 308 g/mol. The zero-order valence-electron chi connectivity index (χ0n) is 12.2. The fraction of sp³-hybridized carbons (Fsp3) is 0.294. The van der Waals surface area contributed by atoms with Gasteiger partial charge in [0.1, 0.15) is 5.75 Å². The van der Waals surface area contributed by atoms with Crippen LogP contribution in [0.3, 0.4) is 0 Å². The molecule has 0 aliphatic carbocycles. The third-order valence-corrected chi connectivity index (χ3v) is 3.14. The predicted molar refractivity (Wildman–Crippen MR) is 84.5 cm³/mol. The molecule has 2 nitrogen and oxygen atoms in total. The quantitative estimate of drug-likeness (QED) is 0.809. The van der Waals surface area contributed by atoms with Crippen molar-refractivity contribution < 1.29 is 9.13 Å². The first-order valence-electron chi connectivity index (χ1n) is 6.97. The van der Waals surface area contributed by atoms with E-state index in [0.717, 1.165) is 12.1 Å². The Morgan fingerprint density at radius 1 is 1.19 bits per heavy atom. The molecular formula is C17H19ClFNO. The summed E-state index contributed by atoms with van der Waals surface area (Å²) in [6.07, 6.45) is 0. The maximum Gasteiger partial charge on any atom is 0.166 e. The normalized spacial score (nSPS) is 10.9. The van der Waals surface area contributed by atoms with Crippen LogP contribution in [-0.2, 0) is 6.54 Å². The molecule has 0 heterocycles. The SMILES string of the molecule is CC(C)CNCc1ccc(Oc2cccc(Cl)c2)c(F)c1. The minimum absolute atomic E-state index is 0.199. The summed E-state index contributed by atoms with van der Waals surface area (Å²) in [4.78, 5) is 0. The Bertz CT molecular complexity index is 601. The Labute approximate surface area is 129 Å². The van der Waals surface area contributed by atoms with Gasteiger partial charge in [-0.05, 0) is 48.4 Å². The zero-order chi connectivity index (χ0) is 15.2. The van der Waals surface area contributed by atoms with Gasteiger partial charge in [-0.1, -0.05) is 37.6 Å². The van der Waals surface area contributed by atoms with E-state index < -0.39 is 0 Å². The Hall–Kier alpha value is -1.58. The highest BCUT2D eigenvalue weighted by atomic mass is 35.5. The van der Waals surface area contributed by atoms with Crippen LogP contribution in [0, 0.1) is 11.7 Å². The van der Waals surface area contributed by atoms with Crippen molar-refractivity contribution >= 4 is 11.6 Å². The molecule has 0 bridgehead atoms. The van der Waals surface area contributed by atoms with E-state index in [-0.39, 0.29) is 11.6 Å². The molecule has 0 aliphatic rings. The van der Waals surface area contributed by atoms with Gasteiger partial charge < -0.3 is 10.1 Å². The molecule has 2 aromatic carbocycles. The predicted octanol–water partition coefficient (Wildman–Crippen LogP) is 5.02. The maximum absolute atomic E-state index is 14.0. The number of ether oxygens (including phenoxy) is 1. The molecule has 0 amide bonds. The average Bonchev–Trinajstić information content (AvgIpc) is 2.41. The van der Waals surface area contributed by atoms with Gasteiger partial charge in [-0.15, -0.1) is 0 Å². The van der Waals surface area contributed by atoms with Gasteiger partial charge in [0.2, 0.25) is 0 Å². The van der Waals surface area contributed by atoms with E-state index in [4.69, 9.17) is 16.3 Å². The molecule has 0 radical (unpaired) electrons. The van der Waals surface area contributed by atoms with E-state index in [0.29, 0.717) is 23.2 Å². The maximum atomic E-state index is 14.0. The Morgan fingerprint density at radius 2 is 2.00 bits per heavy atom. The lowest BCUT2D eigenvalue weighted by atomic mass is 10.2. The van der Waals surface area contributed by atoms with E-state index in [2.05, 4.69) is 19.2 Å². The van der Waals surface area contributed by atoms with Crippen LogP contribution in [0.15, 0.2) is 42.5 Å². The van der Waals surface area contributed by atoms with Crippen LogP contribution in [0.25, 0.3) is 0 Å². The van der Waals surface area contributed by atoms with Crippen molar-refractivity contribution in [2.24, 2.45) is 5.92 Å². The second-order valence-electron chi connectivity index (χ2n) is 5.35. The van der Waals surface area contributed by atoms with Crippen LogP contribution >= 0.6 is 11.6 Å². The molecular weight excluding hydrogens is 289 g/mol. The number of hydrogen-bond donors (Lipinski definition) is 1. The monoisotopic (exact) mass is 307 g/mol. The first-order valence-corrected chi connectivity index (χ1v) is 7.35. The Balaban J connectivity index is 2.02. The molecule has 21 heavy (non-hydrogen) atoms. The smallest absolute Gasteiger partial charge is 0.166 e. The molecule has 0 spiro atoms. The van der Waals surface area contributed by atoms with E-state index in [1.54, 1.807) is 30.3 Å². The standard InChI is InChI=1S/C17H19ClFNO/c1-12(2)10-20-11-13-6-7-17(16(19)8-13)21-15-5-3-4-14(18)9-15/h3-9,12,20H,10-11H2,1-2H3. The van der Waals surface area contributed by atoms with Crippen LogP contribution in [-0.4, -0.2) is 6.54 Å². The number of hydrogen-bond acceptors (Lipinski definition) is 2. The summed E-state index contributed by atoms with van der Waals surface area (Å²) in [5.74, 6) is 0.913. The second-order valence-corrected chi connectivity index (χ2v) is 5.79. The van der Waals surface area contributed by atoms with Crippen molar-refractivity contribution in [1.82, 2.24) is 5.32 Å². The fourth-order valence-corrected chi connectivity index (χ4v) is 2.08. The largest absolute Gasteiger partial charge is 0.454 e. The lowest BCUT2D eigenvalue weighted by Crippen LogP contribution is -2.18. The number of nitrogens with one attached hydrogen (secondary N) is 1. The van der Waals surface area contributed by atoms with Crippen LogP contribution in [0.4, 0.5) is 4.39 Å². The number of rotatable bonds is 6. The van der Waals surface area contributed by atoms with Gasteiger partial charge in [-0.2, -0.15) is 0 Å². The van der Waals surface area contributed by atoms with Crippen molar-refractivity contribution in [3.05, 3.63) is 58.9 Å². The van der Waals surface area contributed by atoms with Gasteiger partial charge in [0.05, 0.1) is 0 Å². The van der Waals surface area contributed by atoms with Crippen LogP contribution in [0.2, 0.25) is 5.02 Å². The Morgan fingerprint density at radius 3 is 2.67 bits per heavy atom. The summed E-state index contributed by atoms with van der Waals surface area (Å²) < 4.78 is 19.5. The third-order valence-electron chi connectivity index (χ3n) is 2.90. The van der Waals surface area contributed by atoms with Crippen molar-refractivity contribution in [3.63, 3.8) is 0 Å². The molecule has 2 rings (SSSR count). The van der Waals surface area contributed by atoms with Crippen LogP contribution in [0.5, 0.6) is 11.5 Å². The van der Waals surface area contributed by atoms with Crippen LogP contribution in [0.1, 0.15) is 19.4 Å². The summed E-state index contributed by atoms with van der Waals surface area (Å²) in [5, 5.41) is 3.84. The van der Waals surface area contributed by atoms with Gasteiger partial charge in [0.15, 0.2) is 11.6 Å². The van der Waals surface area contributed by atoms with Gasteiger partial charge in [0.25, 0.3) is 0 Å². The van der Waals surface area contributed by atoms with E-state index >= 15 is 0 Å². The summed E-state index contributed by atoms with van der Waals surface area (Å²) in [7, 11) is 0. The molecule has 0 saturated carbocycles. The topological polar surface area (TPSA) is 21.3 Å². The van der Waals surface area contributed by atoms with Crippen molar-refractivity contribution in [3.8, 4) is 11.5 Å². The molecule has 0 aromatic heterocycles. The highest BCUT2D eigenvalue weighted by Gasteiger charge is 2.06. The number of halogens is 2. The zero-order valence-corrected chi connectivity index (χ0v) is 13.0. The van der Waals surface area contributed by atoms with Crippen molar-refractivity contribution in [1.29, 1.82) is 0 Å². The Kier molecular flexibility index (Phi) is 5.59. The summed E-state index contributed by atoms with van der Waals surface area (Å²) in [6.45, 7) is 5.82. The first kappa shape index (κ1) is 15.8. The molecule has 1 N–H and O–H groups in total. The lowest BCUT2D eigenvalue weighted by Gasteiger charge is -2.10. The molecule has 0 atom stereocenters. The minimum Gasteiger partial charge on any atom is -0.454 e. The molecule has 0 saturated heterocycles. The van der Waals surface area contributed by atoms with E-state index in [1.165, 1.54) is 6.07 Å². The molecule has 4 heteroatoms. The summed E-state index contributed by atoms with van der Waals surface area (Å²) in [5.41, 5.74) is 0.895. The first-order chi connectivity index (χ1) is 10.0. The van der Waals surface area contributed by atoms with Gasteiger partial charge in [0, 0.05) is 11.6 Å². The highest BCUT2D eigenvalue weighted by Crippen LogP contribution is 2.26. The second kappa shape index (κ2) is 7.43. The summed E-state index contributed by atoms with van der Waals surface area (Å²) >= 11 is 5.88. The van der Waals surface area contributed by atoms with Gasteiger partial charge in [-0.25, -0.2) is 4.39 Å². The highest BCUT2D eigenvalue weighted by molar-refractivity contribution is 6.30. The molecule has 0 aliphatic heterocycles. The molecule has 2 aromatic rings. The van der Waals surface area contributed by atoms with Crippen molar-refractivity contribution in [2.45, 2.75) is 20.4 Å². The molecule has 0 fully saturated rings. The number of benzene rings is 2. The molecule has 0 unspecified atom stereocenters. The molecule has 112 valence electrons. The van der Waals surface area contributed by atoms with Gasteiger partial charge in [-0.3, -0.25) is 0 Å². The third kappa shape index (κ3) is 5.03. The van der Waals surface area contributed by atoms with E-state index in [9.17, 15) is 4.39 Å². The van der Waals surface area contributed by atoms with Crippen molar-refractivity contribution in [2.75, 3.05) is 6.54 Å². The van der Waals surface area contributed by atoms with Crippen LogP contribution < -0.4 is 10.1 Å².